The van der Waals surface area contributed by atoms with Crippen LogP contribution in [0.4, 0.5) is 17.2 Å². The van der Waals surface area contributed by atoms with E-state index in [9.17, 15) is 29.4 Å². The Morgan fingerprint density at radius 1 is 0.873 bits per heavy atom. The van der Waals surface area contributed by atoms with Gasteiger partial charge >= 0.3 is 0 Å². The number of likely N-dealkylation sites (tertiary alicyclic amines) is 1. The van der Waals surface area contributed by atoms with Gasteiger partial charge in [-0.15, -0.1) is 21.5 Å². The van der Waals surface area contributed by atoms with Crippen molar-refractivity contribution in [2.75, 3.05) is 61.3 Å². The van der Waals surface area contributed by atoms with Crippen molar-refractivity contribution in [3.8, 4) is 33.2 Å². The number of hydrogen-bond acceptors (Lipinski definition) is 14. The number of unbranched alkanes of at least 4 members (excludes halogenated alkanes) is 2. The Morgan fingerprint density at radius 2 is 1.61 bits per heavy atom. The molecule has 0 spiro atoms. The van der Waals surface area contributed by atoms with Gasteiger partial charge in [0.2, 0.25) is 23.6 Å². The first kappa shape index (κ1) is 50.6. The smallest absolute Gasteiger partial charge is 0.246 e. The third-order valence-electron chi connectivity index (χ3n) is 13.6. The Morgan fingerprint density at radius 3 is 2.31 bits per heavy atom. The highest BCUT2D eigenvalue weighted by molar-refractivity contribution is 7.13. The predicted octanol–water partition coefficient (Wildman–Crippen LogP) is 6.10. The van der Waals surface area contributed by atoms with Crippen molar-refractivity contribution >= 4 is 52.2 Å². The minimum absolute atomic E-state index is 0.00257. The molecule has 3 aliphatic heterocycles. The zero-order chi connectivity index (χ0) is 50.4. The van der Waals surface area contributed by atoms with E-state index in [-0.39, 0.29) is 55.0 Å². The Hall–Kier alpha value is -6.79. The summed E-state index contributed by atoms with van der Waals surface area (Å²) < 4.78 is 6.35. The van der Waals surface area contributed by atoms with Gasteiger partial charge in [-0.3, -0.25) is 19.2 Å². The molecule has 71 heavy (non-hydrogen) atoms. The third kappa shape index (κ3) is 12.2. The number of carbonyl (C=O) groups excluding carboxylic acids is 4. The van der Waals surface area contributed by atoms with Crippen molar-refractivity contribution in [2.24, 2.45) is 5.41 Å². The maximum atomic E-state index is 14.2. The van der Waals surface area contributed by atoms with Gasteiger partial charge in [0, 0.05) is 69.3 Å². The van der Waals surface area contributed by atoms with Crippen LogP contribution in [0.25, 0.3) is 21.7 Å². The summed E-state index contributed by atoms with van der Waals surface area (Å²) >= 11 is 1.58. The van der Waals surface area contributed by atoms with E-state index in [0.717, 1.165) is 38.8 Å². The number of hydrogen-bond donors (Lipinski definition) is 5. The van der Waals surface area contributed by atoms with Crippen LogP contribution in [0.3, 0.4) is 0 Å². The number of rotatable bonds is 17. The van der Waals surface area contributed by atoms with E-state index in [1.54, 1.807) is 29.5 Å². The standard InChI is InChI=1S/C53H66N10O7S/c1-33(35-18-20-36(21-19-35)48-34(2)55-32-71-48)56-51(68)44-27-38(64)29-63(44)52(69)49(53(3,4)5)57-46(66)16-7-6-8-17-47(67)61-24-22-60(23-25-61)37-12-11-13-39(26-37)70-40-30-62(31-40)43-28-42(58-59-50(43)54)41-14-9-10-15-45(41)65/h9-15,18-21,26,28,32-33,38,40,44,49,64-65H,6-8,16-17,22-25,27,29-31H2,1-5H3,(H2,54,59)(H,56,68)(H,57,66)/t33?,38-,44+,49?/m1/s1. The lowest BCUT2D eigenvalue weighted by molar-refractivity contribution is -0.144. The number of para-hydroxylation sites is 1. The van der Waals surface area contributed by atoms with Crippen LogP contribution in [-0.2, 0) is 19.2 Å². The van der Waals surface area contributed by atoms with Crippen LogP contribution < -0.4 is 30.9 Å². The minimum atomic E-state index is -0.913. The lowest BCUT2D eigenvalue weighted by Crippen LogP contribution is -2.57. The van der Waals surface area contributed by atoms with Gasteiger partial charge in [-0.25, -0.2) is 4.98 Å². The van der Waals surface area contributed by atoms with Crippen LogP contribution in [0.1, 0.15) is 83.5 Å². The van der Waals surface area contributed by atoms with Crippen molar-refractivity contribution in [2.45, 2.75) is 103 Å². The second-order valence-corrected chi connectivity index (χ2v) is 20.8. The van der Waals surface area contributed by atoms with Gasteiger partial charge in [-0.1, -0.05) is 69.7 Å². The molecule has 18 heteroatoms. The number of phenols is 1. The molecule has 5 heterocycles. The number of carbonyl (C=O) groups is 4. The van der Waals surface area contributed by atoms with E-state index in [1.807, 2.05) is 99.6 Å². The fourth-order valence-corrected chi connectivity index (χ4v) is 10.3. The molecule has 3 aromatic carbocycles. The summed E-state index contributed by atoms with van der Waals surface area (Å²) in [4.78, 5) is 67.5. The normalized spacial score (nSPS) is 18.2. The minimum Gasteiger partial charge on any atom is -0.507 e. The third-order valence-corrected chi connectivity index (χ3v) is 14.6. The predicted molar refractivity (Wildman–Crippen MR) is 275 cm³/mol. The first-order chi connectivity index (χ1) is 34.0. The number of nitrogens with zero attached hydrogens (tertiary/aromatic N) is 7. The molecular formula is C53H66N10O7S. The molecule has 3 saturated heterocycles. The number of aryl methyl sites for hydroxylation is 1. The number of aliphatic hydroxyl groups is 1. The fraction of sp³-hybridized carbons (Fsp3) is 0.453. The van der Waals surface area contributed by atoms with E-state index in [0.29, 0.717) is 82.0 Å². The Bertz CT molecular complexity index is 2680. The van der Waals surface area contributed by atoms with E-state index in [1.165, 1.54) is 4.90 Å². The summed E-state index contributed by atoms with van der Waals surface area (Å²) in [6.07, 6.45) is 1.65. The zero-order valence-corrected chi connectivity index (χ0v) is 42.0. The summed E-state index contributed by atoms with van der Waals surface area (Å²) in [5.41, 5.74) is 13.2. The van der Waals surface area contributed by atoms with Crippen molar-refractivity contribution < 1.29 is 34.1 Å². The molecule has 0 bridgehead atoms. The maximum absolute atomic E-state index is 14.2. The molecular weight excluding hydrogens is 921 g/mol. The van der Waals surface area contributed by atoms with E-state index < -0.39 is 29.5 Å². The van der Waals surface area contributed by atoms with Gasteiger partial charge in [-0.2, -0.15) is 0 Å². The number of nitrogens with one attached hydrogen (secondary N) is 2. The summed E-state index contributed by atoms with van der Waals surface area (Å²) in [5.74, 6) is 0.267. The first-order valence-corrected chi connectivity index (χ1v) is 25.4. The highest BCUT2D eigenvalue weighted by Crippen LogP contribution is 2.35. The largest absolute Gasteiger partial charge is 0.507 e. The molecule has 3 fully saturated rings. The lowest BCUT2D eigenvalue weighted by atomic mass is 9.85. The Labute approximate surface area is 419 Å². The van der Waals surface area contributed by atoms with Gasteiger partial charge in [0.1, 0.15) is 29.7 Å². The number of nitrogens with two attached hydrogens (primary N) is 1. The van der Waals surface area contributed by atoms with Crippen LogP contribution >= 0.6 is 11.3 Å². The second kappa shape index (κ2) is 22.1. The molecule has 6 N–H and O–H groups in total. The van der Waals surface area contributed by atoms with Gasteiger partial charge < -0.3 is 50.9 Å². The van der Waals surface area contributed by atoms with Crippen molar-refractivity contribution in [3.63, 3.8) is 0 Å². The van der Waals surface area contributed by atoms with Crippen LogP contribution in [0.2, 0.25) is 0 Å². The highest BCUT2D eigenvalue weighted by Gasteiger charge is 2.45. The molecule has 2 unspecified atom stereocenters. The average Bonchev–Trinajstić information content (AvgIpc) is 3.96. The molecule has 8 rings (SSSR count). The molecule has 3 aliphatic rings. The number of aromatic nitrogens is 3. The number of thiazole rings is 1. The van der Waals surface area contributed by atoms with Crippen LogP contribution in [-0.4, -0.2) is 129 Å². The molecule has 4 atom stereocenters. The molecule has 4 amide bonds. The molecule has 17 nitrogen and oxygen atoms in total. The maximum Gasteiger partial charge on any atom is 0.246 e. The number of phenolic OH excluding ortho intramolecular Hbond substituents is 1. The Balaban J connectivity index is 0.740. The van der Waals surface area contributed by atoms with Crippen LogP contribution in [0.5, 0.6) is 11.5 Å². The van der Waals surface area contributed by atoms with Crippen LogP contribution in [0, 0.1) is 12.3 Å². The number of anilines is 3. The van der Waals surface area contributed by atoms with E-state index in [4.69, 9.17) is 10.5 Å². The number of amides is 4. The summed E-state index contributed by atoms with van der Waals surface area (Å²) in [6, 6.07) is 22.7. The van der Waals surface area contributed by atoms with Crippen molar-refractivity contribution in [3.05, 3.63) is 95.6 Å². The summed E-state index contributed by atoms with van der Waals surface area (Å²) in [7, 11) is 0. The quantitative estimate of drug-likeness (QED) is 0.0666. The number of benzene rings is 3. The zero-order valence-electron chi connectivity index (χ0n) is 41.2. The molecule has 2 aromatic heterocycles. The molecule has 0 radical (unpaired) electrons. The fourth-order valence-electron chi connectivity index (χ4n) is 9.48. The van der Waals surface area contributed by atoms with Crippen molar-refractivity contribution in [1.82, 2.24) is 35.6 Å². The molecule has 5 aromatic rings. The van der Waals surface area contributed by atoms with Gasteiger partial charge in [0.25, 0.3) is 0 Å². The number of aromatic hydroxyl groups is 1. The second-order valence-electron chi connectivity index (χ2n) is 20.0. The Kier molecular flexibility index (Phi) is 15.7. The summed E-state index contributed by atoms with van der Waals surface area (Å²) in [6.45, 7) is 13.3. The molecule has 0 saturated carbocycles. The molecule has 0 aliphatic carbocycles. The topological polar surface area (TPSA) is 220 Å². The summed E-state index contributed by atoms with van der Waals surface area (Å²) in [5, 5.41) is 35.3. The lowest BCUT2D eigenvalue weighted by Gasteiger charge is -2.41. The number of ether oxygens (including phenoxy) is 1. The van der Waals surface area contributed by atoms with Crippen LogP contribution in [0.15, 0.2) is 84.4 Å². The monoisotopic (exact) mass is 986 g/mol. The van der Waals surface area contributed by atoms with E-state index in [2.05, 4.69) is 41.7 Å². The van der Waals surface area contributed by atoms with Crippen molar-refractivity contribution in [1.29, 1.82) is 0 Å². The van der Waals surface area contributed by atoms with Gasteiger partial charge in [0.05, 0.1) is 52.7 Å². The first-order valence-electron chi connectivity index (χ1n) is 24.6. The van der Waals surface area contributed by atoms with Gasteiger partial charge in [0.15, 0.2) is 5.82 Å². The SMILES string of the molecule is Cc1ncsc1-c1ccc(C(C)NC(=O)[C@@H]2C[C@@H](O)CN2C(=O)C(NC(=O)CCCCCC(=O)N2CCN(c3cccc(OC4CN(c5cc(-c6ccccc6O)nnc5N)C4)c3)CC2)C(C)(C)C)cc1. The number of piperazine rings is 1. The number of nitrogen functional groups attached to an aromatic ring is 1. The van der Waals surface area contributed by atoms with Gasteiger partial charge in [-0.05, 0) is 73.6 Å². The number of aliphatic hydroxyl groups excluding tert-OH is 1. The highest BCUT2D eigenvalue weighted by atomic mass is 32.1. The van der Waals surface area contributed by atoms with E-state index >= 15 is 0 Å². The molecule has 376 valence electrons. The average molecular weight is 987 g/mol. The number of β-amino-alcohol motifs (C(OH)–C–C–N with tert-alkyl or cyclic N) is 1.